The van der Waals surface area contributed by atoms with E-state index in [1.54, 1.807) is 0 Å². The monoisotopic (exact) mass is 238 g/mol. The Balaban J connectivity index is 2.14. The number of hydrogen-bond donors (Lipinski definition) is 2. The van der Waals surface area contributed by atoms with Gasteiger partial charge in [-0.15, -0.1) is 0 Å². The van der Waals surface area contributed by atoms with Crippen LogP contribution in [0.5, 0.6) is 0 Å². The van der Waals surface area contributed by atoms with Crippen molar-refractivity contribution in [3.63, 3.8) is 0 Å². The number of halogens is 1. The summed E-state index contributed by atoms with van der Waals surface area (Å²) in [6, 6.07) is 5.68. The normalized spacial score (nSPS) is 20.6. The Morgan fingerprint density at radius 1 is 1.44 bits per heavy atom. The Bertz CT molecular complexity index is 406. The van der Waals surface area contributed by atoms with Gasteiger partial charge in [0.2, 0.25) is 5.91 Å². The number of hydrogen-bond acceptors (Lipinski definition) is 2. The molecule has 1 atom stereocenters. The smallest absolute Gasteiger partial charge is 0.237 e. The van der Waals surface area contributed by atoms with Gasteiger partial charge in [0.25, 0.3) is 0 Å². The number of amides is 1. The van der Waals surface area contributed by atoms with Crippen LogP contribution in [0.3, 0.4) is 0 Å². The molecule has 0 saturated carbocycles. The number of piperazine rings is 1. The first-order valence-corrected chi connectivity index (χ1v) is 5.81. The average Bonchev–Trinajstić information content (AvgIpc) is 2.28. The van der Waals surface area contributed by atoms with Crippen LogP contribution in [0.25, 0.3) is 0 Å². The molecule has 1 heterocycles. The van der Waals surface area contributed by atoms with Crippen LogP contribution < -0.4 is 10.6 Å². The molecule has 0 aromatic heterocycles. The molecule has 0 aliphatic carbocycles. The third-order valence-electron chi connectivity index (χ3n) is 2.94. The Morgan fingerprint density at radius 3 is 3.00 bits per heavy atom. The second-order valence-electron chi connectivity index (χ2n) is 4.03. The van der Waals surface area contributed by atoms with Crippen molar-refractivity contribution in [2.75, 3.05) is 13.1 Å². The molecule has 3 nitrogen and oxygen atoms in total. The summed E-state index contributed by atoms with van der Waals surface area (Å²) in [5.41, 5.74) is 2.19. The summed E-state index contributed by atoms with van der Waals surface area (Å²) in [7, 11) is 0. The minimum atomic E-state index is -0.133. The molecule has 4 heteroatoms. The van der Waals surface area contributed by atoms with E-state index in [0.29, 0.717) is 13.0 Å². The molecular weight excluding hydrogens is 224 g/mol. The van der Waals surface area contributed by atoms with Gasteiger partial charge in [0.1, 0.15) is 0 Å². The zero-order valence-electron chi connectivity index (χ0n) is 9.22. The first-order valence-electron chi connectivity index (χ1n) is 5.43. The molecule has 1 amide bonds. The first-order chi connectivity index (χ1) is 7.68. The lowest BCUT2D eigenvalue weighted by Gasteiger charge is -2.24. The SMILES string of the molecule is Cc1c(Cl)cccc1CC1NCCNC1=O. The standard InChI is InChI=1S/C12H15ClN2O/c1-8-9(3-2-4-10(8)13)7-11-12(16)15-6-5-14-11/h2-4,11,14H,5-7H2,1H3,(H,15,16). The molecule has 86 valence electrons. The highest BCUT2D eigenvalue weighted by atomic mass is 35.5. The zero-order chi connectivity index (χ0) is 11.5. The Kier molecular flexibility index (Phi) is 3.46. The van der Waals surface area contributed by atoms with Crippen LogP contribution in [-0.4, -0.2) is 25.0 Å². The van der Waals surface area contributed by atoms with E-state index in [4.69, 9.17) is 11.6 Å². The van der Waals surface area contributed by atoms with Crippen LogP contribution >= 0.6 is 11.6 Å². The molecule has 2 N–H and O–H groups in total. The van der Waals surface area contributed by atoms with Gasteiger partial charge in [-0.1, -0.05) is 23.7 Å². The van der Waals surface area contributed by atoms with E-state index in [0.717, 1.165) is 22.7 Å². The predicted octanol–water partition coefficient (Wildman–Crippen LogP) is 1.28. The second-order valence-corrected chi connectivity index (χ2v) is 4.43. The highest BCUT2D eigenvalue weighted by Gasteiger charge is 2.22. The maximum Gasteiger partial charge on any atom is 0.237 e. The molecule has 16 heavy (non-hydrogen) atoms. The summed E-state index contributed by atoms with van der Waals surface area (Å²) in [6.07, 6.45) is 0.693. The van der Waals surface area contributed by atoms with E-state index >= 15 is 0 Å². The number of carbonyl (C=O) groups is 1. The number of nitrogens with one attached hydrogen (secondary N) is 2. The summed E-state index contributed by atoms with van der Waals surface area (Å²) in [5.74, 6) is 0.0747. The van der Waals surface area contributed by atoms with Crippen molar-refractivity contribution in [1.82, 2.24) is 10.6 Å². The van der Waals surface area contributed by atoms with E-state index in [9.17, 15) is 4.79 Å². The highest BCUT2D eigenvalue weighted by Crippen LogP contribution is 2.20. The summed E-state index contributed by atoms with van der Waals surface area (Å²) in [6.45, 7) is 3.53. The van der Waals surface area contributed by atoms with Crippen LogP contribution in [0.15, 0.2) is 18.2 Å². The summed E-state index contributed by atoms with van der Waals surface area (Å²) < 4.78 is 0. The molecule has 1 saturated heterocycles. The topological polar surface area (TPSA) is 41.1 Å². The minimum absolute atomic E-state index is 0.0747. The number of rotatable bonds is 2. The van der Waals surface area contributed by atoms with Gasteiger partial charge < -0.3 is 10.6 Å². The van der Waals surface area contributed by atoms with Gasteiger partial charge >= 0.3 is 0 Å². The lowest BCUT2D eigenvalue weighted by atomic mass is 10.00. The lowest BCUT2D eigenvalue weighted by Crippen LogP contribution is -2.53. The molecule has 1 unspecified atom stereocenters. The summed E-state index contributed by atoms with van der Waals surface area (Å²) in [5, 5.41) is 6.82. The Morgan fingerprint density at radius 2 is 2.25 bits per heavy atom. The molecule has 0 bridgehead atoms. The second kappa shape index (κ2) is 4.85. The van der Waals surface area contributed by atoms with Crippen molar-refractivity contribution in [3.05, 3.63) is 34.3 Å². The molecule has 1 aliphatic rings. The van der Waals surface area contributed by atoms with E-state index in [2.05, 4.69) is 10.6 Å². The molecule has 1 aromatic rings. The average molecular weight is 239 g/mol. The van der Waals surface area contributed by atoms with Crippen molar-refractivity contribution < 1.29 is 4.79 Å². The van der Waals surface area contributed by atoms with Crippen LogP contribution in [0.1, 0.15) is 11.1 Å². The van der Waals surface area contributed by atoms with Crippen molar-refractivity contribution in [1.29, 1.82) is 0 Å². The van der Waals surface area contributed by atoms with Crippen LogP contribution in [-0.2, 0) is 11.2 Å². The Hall–Kier alpha value is -1.06. The molecular formula is C12H15ClN2O. The van der Waals surface area contributed by atoms with E-state index in [1.165, 1.54) is 0 Å². The fraction of sp³-hybridized carbons (Fsp3) is 0.417. The fourth-order valence-corrected chi connectivity index (χ4v) is 2.10. The Labute approximate surface area is 100 Å². The van der Waals surface area contributed by atoms with Crippen molar-refractivity contribution in [2.45, 2.75) is 19.4 Å². The molecule has 0 spiro atoms. The lowest BCUT2D eigenvalue weighted by molar-refractivity contribution is -0.124. The van der Waals surface area contributed by atoms with Gasteiger partial charge in [0.15, 0.2) is 0 Å². The van der Waals surface area contributed by atoms with Gasteiger partial charge in [-0.05, 0) is 30.5 Å². The summed E-state index contributed by atoms with van der Waals surface area (Å²) >= 11 is 6.05. The van der Waals surface area contributed by atoms with Gasteiger partial charge in [-0.2, -0.15) is 0 Å². The number of benzene rings is 1. The summed E-state index contributed by atoms with van der Waals surface area (Å²) in [4.78, 5) is 11.6. The van der Waals surface area contributed by atoms with Crippen molar-refractivity contribution >= 4 is 17.5 Å². The number of carbonyl (C=O) groups excluding carboxylic acids is 1. The van der Waals surface area contributed by atoms with Gasteiger partial charge in [0, 0.05) is 18.1 Å². The molecule has 1 aromatic carbocycles. The molecule has 1 aliphatic heterocycles. The van der Waals surface area contributed by atoms with E-state index in [-0.39, 0.29) is 11.9 Å². The largest absolute Gasteiger partial charge is 0.353 e. The van der Waals surface area contributed by atoms with Crippen LogP contribution in [0, 0.1) is 6.92 Å². The first kappa shape index (κ1) is 11.4. The van der Waals surface area contributed by atoms with Crippen molar-refractivity contribution in [3.8, 4) is 0 Å². The fourth-order valence-electron chi connectivity index (χ4n) is 1.91. The third-order valence-corrected chi connectivity index (χ3v) is 3.34. The predicted molar refractivity (Wildman–Crippen MR) is 64.7 cm³/mol. The van der Waals surface area contributed by atoms with E-state index < -0.39 is 0 Å². The van der Waals surface area contributed by atoms with Crippen LogP contribution in [0.2, 0.25) is 5.02 Å². The molecule has 1 fully saturated rings. The minimum Gasteiger partial charge on any atom is -0.353 e. The third kappa shape index (κ3) is 2.36. The zero-order valence-corrected chi connectivity index (χ0v) is 9.97. The van der Waals surface area contributed by atoms with Gasteiger partial charge in [-0.3, -0.25) is 4.79 Å². The molecule has 0 radical (unpaired) electrons. The highest BCUT2D eigenvalue weighted by molar-refractivity contribution is 6.31. The quantitative estimate of drug-likeness (QED) is 0.815. The van der Waals surface area contributed by atoms with Crippen LogP contribution in [0.4, 0.5) is 0 Å². The van der Waals surface area contributed by atoms with E-state index in [1.807, 2.05) is 25.1 Å². The van der Waals surface area contributed by atoms with Crippen molar-refractivity contribution in [2.24, 2.45) is 0 Å². The maximum absolute atomic E-state index is 11.6. The van der Waals surface area contributed by atoms with Gasteiger partial charge in [0.05, 0.1) is 6.04 Å². The van der Waals surface area contributed by atoms with Gasteiger partial charge in [-0.25, -0.2) is 0 Å². The maximum atomic E-state index is 11.6. The molecule has 2 rings (SSSR count).